The summed E-state index contributed by atoms with van der Waals surface area (Å²) in [4.78, 5) is 11.0. The lowest BCUT2D eigenvalue weighted by Crippen LogP contribution is -2.16. The summed E-state index contributed by atoms with van der Waals surface area (Å²) < 4.78 is 0. The number of phenols is 1. The highest BCUT2D eigenvalue weighted by Gasteiger charge is 2.19. The summed E-state index contributed by atoms with van der Waals surface area (Å²) in [6, 6.07) is 5.56. The van der Waals surface area contributed by atoms with E-state index in [2.05, 4.69) is 0 Å². The molecule has 0 bridgehead atoms. The van der Waals surface area contributed by atoms with Crippen LogP contribution < -0.4 is 0 Å². The average Bonchev–Trinajstić information content (AvgIpc) is 2.17. The first-order chi connectivity index (χ1) is 7.15. The number of aryl methyl sites for hydroxylation is 1. The molecule has 0 saturated heterocycles. The fourth-order valence-corrected chi connectivity index (χ4v) is 2.40. The van der Waals surface area contributed by atoms with E-state index in [0.717, 1.165) is 19.3 Å². The van der Waals surface area contributed by atoms with Crippen molar-refractivity contribution in [1.82, 2.24) is 0 Å². The van der Waals surface area contributed by atoms with Crippen LogP contribution in [0.3, 0.4) is 0 Å². The van der Waals surface area contributed by atoms with Gasteiger partial charge in [0.1, 0.15) is 11.5 Å². The van der Waals surface area contributed by atoms with E-state index in [9.17, 15) is 9.90 Å². The molecule has 1 aliphatic rings. The summed E-state index contributed by atoms with van der Waals surface area (Å²) in [6.45, 7) is 1.66. The highest BCUT2D eigenvalue weighted by atomic mass is 16.3. The third kappa shape index (κ3) is 2.38. The standard InChI is InChI=1S/C13H16O2/c1-9(14)6-10-2-3-12-8-13(15)5-4-11(12)7-10/h4-5,8,10,15H,2-3,6-7H2,1H3. The second-order valence-electron chi connectivity index (χ2n) is 4.47. The number of benzene rings is 1. The van der Waals surface area contributed by atoms with E-state index in [1.54, 1.807) is 13.0 Å². The van der Waals surface area contributed by atoms with Crippen LogP contribution in [0.4, 0.5) is 0 Å². The largest absolute Gasteiger partial charge is 0.508 e. The van der Waals surface area contributed by atoms with E-state index in [-0.39, 0.29) is 5.78 Å². The number of rotatable bonds is 2. The predicted octanol–water partition coefficient (Wildman–Crippen LogP) is 2.48. The summed E-state index contributed by atoms with van der Waals surface area (Å²) >= 11 is 0. The zero-order valence-corrected chi connectivity index (χ0v) is 8.99. The van der Waals surface area contributed by atoms with E-state index in [1.807, 2.05) is 12.1 Å². The van der Waals surface area contributed by atoms with Crippen molar-refractivity contribution < 1.29 is 9.90 Å². The minimum absolute atomic E-state index is 0.280. The minimum atomic E-state index is 0.280. The zero-order valence-electron chi connectivity index (χ0n) is 8.99. The molecule has 1 atom stereocenters. The number of carbonyl (C=O) groups is 1. The molecule has 0 aromatic heterocycles. The molecule has 15 heavy (non-hydrogen) atoms. The molecule has 1 N–H and O–H groups in total. The van der Waals surface area contributed by atoms with Crippen molar-refractivity contribution in [1.29, 1.82) is 0 Å². The summed E-state index contributed by atoms with van der Waals surface area (Å²) in [6.07, 6.45) is 3.73. The fourth-order valence-electron chi connectivity index (χ4n) is 2.40. The first-order valence-electron chi connectivity index (χ1n) is 5.45. The number of phenolic OH excluding ortho intramolecular Hbond substituents is 1. The van der Waals surface area contributed by atoms with Gasteiger partial charge < -0.3 is 9.90 Å². The lowest BCUT2D eigenvalue weighted by molar-refractivity contribution is -0.117. The van der Waals surface area contributed by atoms with Gasteiger partial charge in [0, 0.05) is 6.42 Å². The maximum absolute atomic E-state index is 11.0. The Labute approximate surface area is 89.9 Å². The van der Waals surface area contributed by atoms with Gasteiger partial charge in [0.2, 0.25) is 0 Å². The molecule has 0 radical (unpaired) electrons. The van der Waals surface area contributed by atoms with Gasteiger partial charge in [-0.2, -0.15) is 0 Å². The van der Waals surface area contributed by atoms with Crippen LogP contribution in [-0.2, 0) is 17.6 Å². The molecular weight excluding hydrogens is 188 g/mol. The van der Waals surface area contributed by atoms with E-state index < -0.39 is 0 Å². The van der Waals surface area contributed by atoms with Crippen molar-refractivity contribution in [2.24, 2.45) is 5.92 Å². The van der Waals surface area contributed by atoms with E-state index in [1.165, 1.54) is 11.1 Å². The van der Waals surface area contributed by atoms with E-state index in [0.29, 0.717) is 18.1 Å². The summed E-state index contributed by atoms with van der Waals surface area (Å²) in [5, 5.41) is 9.35. The molecule has 0 saturated carbocycles. The Morgan fingerprint density at radius 2 is 2.27 bits per heavy atom. The Balaban J connectivity index is 2.13. The first kappa shape index (κ1) is 10.2. The molecule has 1 unspecified atom stereocenters. The molecule has 1 aromatic carbocycles. The molecule has 0 spiro atoms. The number of ketones is 1. The SMILES string of the molecule is CC(=O)CC1CCc2cc(O)ccc2C1. The van der Waals surface area contributed by atoms with Crippen LogP contribution in [0.2, 0.25) is 0 Å². The number of Topliss-reactive ketones (excluding diaryl/α,β-unsaturated/α-hetero) is 1. The van der Waals surface area contributed by atoms with Crippen LogP contribution >= 0.6 is 0 Å². The smallest absolute Gasteiger partial charge is 0.130 e. The van der Waals surface area contributed by atoms with E-state index in [4.69, 9.17) is 0 Å². The van der Waals surface area contributed by atoms with Gasteiger partial charge in [-0.15, -0.1) is 0 Å². The van der Waals surface area contributed by atoms with Gasteiger partial charge >= 0.3 is 0 Å². The maximum Gasteiger partial charge on any atom is 0.130 e. The second-order valence-corrected chi connectivity index (χ2v) is 4.47. The van der Waals surface area contributed by atoms with E-state index >= 15 is 0 Å². The van der Waals surface area contributed by atoms with Crippen molar-refractivity contribution in [2.75, 3.05) is 0 Å². The summed E-state index contributed by atoms with van der Waals surface area (Å²) in [5.41, 5.74) is 2.54. The quantitative estimate of drug-likeness (QED) is 0.803. The average molecular weight is 204 g/mol. The molecule has 0 fully saturated rings. The van der Waals surface area contributed by atoms with Gasteiger partial charge in [-0.25, -0.2) is 0 Å². The van der Waals surface area contributed by atoms with Crippen molar-refractivity contribution in [3.63, 3.8) is 0 Å². The molecule has 2 rings (SSSR count). The van der Waals surface area contributed by atoms with Gasteiger partial charge in [-0.1, -0.05) is 6.07 Å². The Bertz CT molecular complexity index is 382. The maximum atomic E-state index is 11.0. The highest BCUT2D eigenvalue weighted by molar-refractivity contribution is 5.75. The summed E-state index contributed by atoms with van der Waals surface area (Å²) in [7, 11) is 0. The lowest BCUT2D eigenvalue weighted by Gasteiger charge is -2.23. The highest BCUT2D eigenvalue weighted by Crippen LogP contribution is 2.29. The summed E-state index contributed by atoms with van der Waals surface area (Å²) in [5.74, 6) is 1.13. The molecule has 1 aromatic rings. The molecule has 0 heterocycles. The Morgan fingerprint density at radius 3 is 3.00 bits per heavy atom. The van der Waals surface area contributed by atoms with Crippen molar-refractivity contribution in [3.8, 4) is 5.75 Å². The molecule has 0 aliphatic heterocycles. The number of fused-ring (bicyclic) bond motifs is 1. The van der Waals surface area contributed by atoms with Gasteiger partial charge in [-0.3, -0.25) is 0 Å². The molecular formula is C13H16O2. The number of hydrogen-bond acceptors (Lipinski definition) is 2. The van der Waals surface area contributed by atoms with Crippen LogP contribution in [0.25, 0.3) is 0 Å². The van der Waals surface area contributed by atoms with Gasteiger partial charge in [0.25, 0.3) is 0 Å². The minimum Gasteiger partial charge on any atom is -0.508 e. The Morgan fingerprint density at radius 1 is 1.47 bits per heavy atom. The van der Waals surface area contributed by atoms with Gasteiger partial charge in [0.05, 0.1) is 0 Å². The lowest BCUT2D eigenvalue weighted by atomic mass is 9.81. The van der Waals surface area contributed by atoms with Crippen LogP contribution in [0, 0.1) is 5.92 Å². The van der Waals surface area contributed by atoms with Crippen LogP contribution in [0.1, 0.15) is 30.9 Å². The van der Waals surface area contributed by atoms with Crippen LogP contribution in [0.15, 0.2) is 18.2 Å². The topological polar surface area (TPSA) is 37.3 Å². The second kappa shape index (κ2) is 4.05. The normalized spacial score (nSPS) is 19.7. The molecule has 0 amide bonds. The van der Waals surface area contributed by atoms with Crippen molar-refractivity contribution in [3.05, 3.63) is 29.3 Å². The zero-order chi connectivity index (χ0) is 10.8. The molecule has 1 aliphatic carbocycles. The first-order valence-corrected chi connectivity index (χ1v) is 5.45. The number of carbonyl (C=O) groups excluding carboxylic acids is 1. The number of hydrogen-bond donors (Lipinski definition) is 1. The number of aromatic hydroxyl groups is 1. The third-order valence-corrected chi connectivity index (χ3v) is 3.10. The fraction of sp³-hybridized carbons (Fsp3) is 0.462. The predicted molar refractivity (Wildman–Crippen MR) is 58.9 cm³/mol. The monoisotopic (exact) mass is 204 g/mol. The van der Waals surface area contributed by atoms with Gasteiger partial charge in [0.15, 0.2) is 0 Å². The molecule has 80 valence electrons. The Kier molecular flexibility index (Phi) is 2.76. The Hall–Kier alpha value is -1.31. The third-order valence-electron chi connectivity index (χ3n) is 3.10. The van der Waals surface area contributed by atoms with Crippen LogP contribution in [-0.4, -0.2) is 10.9 Å². The molecule has 2 heteroatoms. The van der Waals surface area contributed by atoms with Crippen LogP contribution in [0.5, 0.6) is 5.75 Å². The van der Waals surface area contributed by atoms with Gasteiger partial charge in [-0.05, 0) is 55.4 Å². The van der Waals surface area contributed by atoms with Crippen molar-refractivity contribution >= 4 is 5.78 Å². The molecule has 2 nitrogen and oxygen atoms in total. The van der Waals surface area contributed by atoms with Crippen molar-refractivity contribution in [2.45, 2.75) is 32.6 Å².